The zero-order valence-corrected chi connectivity index (χ0v) is 11.5. The molecule has 1 aliphatic carbocycles. The van der Waals surface area contributed by atoms with E-state index in [0.717, 1.165) is 0 Å². The number of hydrogen-bond acceptors (Lipinski definition) is 3. The first-order chi connectivity index (χ1) is 12.0. The van der Waals surface area contributed by atoms with E-state index in [1.54, 1.807) is 43.3 Å². The van der Waals surface area contributed by atoms with Crippen LogP contribution in [0.3, 0.4) is 0 Å². The molecule has 0 bridgehead atoms. The standard InChI is InChI=1S/C17H23NO2/c1-4-20-16(19)17(14-10-6-5-7-11-14)13-9-8-12-15(17)18(2)3/h5-8,10-12,15H,4,9,13H2,1-3H3/t15-,17-/m1/s1/i2D3,3D3. The SMILES string of the molecule is [2H]C([2H])([2H])N([C@@H]1C=CCC[C@@]1(C(=O)OCC)c1ccccc1)C([2H])([2H])[2H]. The highest BCUT2D eigenvalue weighted by Gasteiger charge is 2.49. The number of benzene rings is 1. The summed E-state index contributed by atoms with van der Waals surface area (Å²) in [6.07, 6.45) is 4.00. The lowest BCUT2D eigenvalue weighted by atomic mass is 9.68. The van der Waals surface area contributed by atoms with Crippen molar-refractivity contribution in [3.63, 3.8) is 0 Å². The Kier molecular flexibility index (Phi) is 2.69. The van der Waals surface area contributed by atoms with E-state index in [4.69, 9.17) is 13.0 Å². The van der Waals surface area contributed by atoms with Crippen LogP contribution in [-0.2, 0) is 14.9 Å². The molecule has 0 fully saturated rings. The molecule has 0 unspecified atom stereocenters. The van der Waals surface area contributed by atoms with Crippen molar-refractivity contribution < 1.29 is 17.8 Å². The van der Waals surface area contributed by atoms with Crippen molar-refractivity contribution in [2.24, 2.45) is 0 Å². The molecule has 20 heavy (non-hydrogen) atoms. The first-order valence-electron chi connectivity index (χ1n) is 9.74. The van der Waals surface area contributed by atoms with Gasteiger partial charge in [0.05, 0.1) is 6.61 Å². The molecule has 0 saturated carbocycles. The molecule has 0 saturated heterocycles. The maximum absolute atomic E-state index is 13.0. The summed E-state index contributed by atoms with van der Waals surface area (Å²) in [5, 5.41) is 0. The predicted molar refractivity (Wildman–Crippen MR) is 80.6 cm³/mol. The molecule has 0 spiro atoms. The fraction of sp³-hybridized carbons (Fsp3) is 0.471. The molecule has 0 amide bonds. The molecule has 2 atom stereocenters. The Hall–Kier alpha value is -1.61. The fourth-order valence-electron chi connectivity index (χ4n) is 2.81. The van der Waals surface area contributed by atoms with Crippen LogP contribution in [-0.4, -0.2) is 37.5 Å². The van der Waals surface area contributed by atoms with Crippen LogP contribution in [0.15, 0.2) is 42.5 Å². The lowest BCUT2D eigenvalue weighted by molar-refractivity contribution is -0.152. The first kappa shape index (κ1) is 8.63. The molecule has 2 rings (SSSR count). The molecular weight excluding hydrogens is 250 g/mol. The Morgan fingerprint density at radius 1 is 1.45 bits per heavy atom. The second-order valence-electron chi connectivity index (χ2n) is 4.84. The third-order valence-corrected chi connectivity index (χ3v) is 3.74. The van der Waals surface area contributed by atoms with E-state index >= 15 is 0 Å². The summed E-state index contributed by atoms with van der Waals surface area (Å²) in [5.41, 5.74) is -0.860. The van der Waals surface area contributed by atoms with Crippen molar-refractivity contribution in [2.45, 2.75) is 31.2 Å². The molecule has 0 aromatic heterocycles. The molecular formula is C17H23NO2. The van der Waals surface area contributed by atoms with Crippen molar-refractivity contribution >= 4 is 5.97 Å². The van der Waals surface area contributed by atoms with Crippen LogP contribution in [0.2, 0.25) is 0 Å². The van der Waals surface area contributed by atoms with Crippen LogP contribution < -0.4 is 0 Å². The third-order valence-electron chi connectivity index (χ3n) is 3.74. The predicted octanol–water partition coefficient (Wildman–Crippen LogP) is 2.77. The first-order valence-corrected chi connectivity index (χ1v) is 6.74. The molecule has 3 heteroatoms. The van der Waals surface area contributed by atoms with Crippen LogP contribution in [0.1, 0.15) is 33.6 Å². The Bertz CT molecular complexity index is 641. The van der Waals surface area contributed by atoms with Crippen molar-refractivity contribution in [3.05, 3.63) is 48.0 Å². The monoisotopic (exact) mass is 279 g/mol. The molecule has 0 aliphatic heterocycles. The molecule has 1 aromatic rings. The summed E-state index contributed by atoms with van der Waals surface area (Å²) in [5.74, 6) is -0.612. The van der Waals surface area contributed by atoms with E-state index in [1.165, 1.54) is 6.08 Å². The number of rotatable bonds is 4. The smallest absolute Gasteiger partial charge is 0.318 e. The lowest BCUT2D eigenvalue weighted by Crippen LogP contribution is -2.54. The molecule has 0 radical (unpaired) electrons. The number of nitrogens with zero attached hydrogens (tertiary/aromatic N) is 1. The number of esters is 1. The van der Waals surface area contributed by atoms with E-state index in [1.807, 2.05) is 0 Å². The molecule has 108 valence electrons. The number of carbonyl (C=O) groups excluding carboxylic acids is 1. The van der Waals surface area contributed by atoms with Crippen molar-refractivity contribution in [2.75, 3.05) is 20.6 Å². The highest BCUT2D eigenvalue weighted by atomic mass is 16.5. The number of ether oxygens (including phenoxy) is 1. The Labute approximate surface area is 129 Å². The van der Waals surface area contributed by atoms with Gasteiger partial charge in [-0.1, -0.05) is 42.5 Å². The quantitative estimate of drug-likeness (QED) is 0.627. The summed E-state index contributed by atoms with van der Waals surface area (Å²) >= 11 is 0. The van der Waals surface area contributed by atoms with Gasteiger partial charge in [-0.05, 0) is 39.3 Å². The van der Waals surface area contributed by atoms with E-state index < -0.39 is 31.4 Å². The summed E-state index contributed by atoms with van der Waals surface area (Å²) in [6, 6.07) is 7.49. The zero-order valence-electron chi connectivity index (χ0n) is 17.5. The summed E-state index contributed by atoms with van der Waals surface area (Å²) < 4.78 is 51.9. The van der Waals surface area contributed by atoms with Crippen molar-refractivity contribution in [1.29, 1.82) is 0 Å². The minimum atomic E-state index is -2.91. The molecule has 0 heterocycles. The van der Waals surface area contributed by atoms with Crippen LogP contribution in [0.5, 0.6) is 0 Å². The van der Waals surface area contributed by atoms with Gasteiger partial charge >= 0.3 is 5.97 Å². The van der Waals surface area contributed by atoms with Gasteiger partial charge in [-0.15, -0.1) is 0 Å². The maximum atomic E-state index is 13.0. The maximum Gasteiger partial charge on any atom is 0.318 e. The third kappa shape index (κ3) is 2.50. The second kappa shape index (κ2) is 6.23. The van der Waals surface area contributed by atoms with E-state index in [9.17, 15) is 4.79 Å². The van der Waals surface area contributed by atoms with Gasteiger partial charge in [-0.25, -0.2) is 0 Å². The average molecular weight is 279 g/mol. The molecule has 3 nitrogen and oxygen atoms in total. The van der Waals surface area contributed by atoms with Gasteiger partial charge < -0.3 is 9.64 Å². The van der Waals surface area contributed by atoms with Gasteiger partial charge in [0, 0.05) is 14.3 Å². The molecule has 1 aliphatic rings. The van der Waals surface area contributed by atoms with Gasteiger partial charge in [-0.2, -0.15) is 0 Å². The summed E-state index contributed by atoms with van der Waals surface area (Å²) in [7, 11) is 0. The Balaban J connectivity index is 2.72. The highest BCUT2D eigenvalue weighted by molar-refractivity contribution is 5.85. The number of hydrogen-bond donors (Lipinski definition) is 0. The van der Waals surface area contributed by atoms with E-state index in [-0.39, 0.29) is 13.0 Å². The minimum absolute atomic E-state index is 0.116. The normalized spacial score (nSPS) is 31.4. The van der Waals surface area contributed by atoms with E-state index in [0.29, 0.717) is 16.9 Å². The second-order valence-corrected chi connectivity index (χ2v) is 4.84. The van der Waals surface area contributed by atoms with Gasteiger partial charge in [0.2, 0.25) is 0 Å². The van der Waals surface area contributed by atoms with Crippen molar-refractivity contribution in [3.8, 4) is 0 Å². The highest BCUT2D eigenvalue weighted by Crippen LogP contribution is 2.40. The van der Waals surface area contributed by atoms with Crippen molar-refractivity contribution in [1.82, 2.24) is 4.90 Å². The minimum Gasteiger partial charge on any atom is -0.465 e. The lowest BCUT2D eigenvalue weighted by Gasteiger charge is -2.42. The number of likely N-dealkylation sites (N-methyl/N-ethyl adjacent to an activating group) is 1. The molecule has 1 aromatic carbocycles. The van der Waals surface area contributed by atoms with Gasteiger partial charge in [0.15, 0.2) is 0 Å². The van der Waals surface area contributed by atoms with Crippen LogP contribution >= 0.6 is 0 Å². The van der Waals surface area contributed by atoms with Crippen LogP contribution in [0.4, 0.5) is 0 Å². The Morgan fingerprint density at radius 3 is 2.85 bits per heavy atom. The Morgan fingerprint density at radius 2 is 2.20 bits per heavy atom. The zero-order chi connectivity index (χ0) is 19.6. The largest absolute Gasteiger partial charge is 0.465 e. The van der Waals surface area contributed by atoms with Gasteiger partial charge in [0.1, 0.15) is 5.41 Å². The molecule has 0 N–H and O–H groups in total. The summed E-state index contributed by atoms with van der Waals surface area (Å²) in [6.45, 7) is -4.05. The average Bonchev–Trinajstić information content (AvgIpc) is 2.54. The van der Waals surface area contributed by atoms with E-state index in [2.05, 4.69) is 0 Å². The topological polar surface area (TPSA) is 29.5 Å². The fourth-order valence-corrected chi connectivity index (χ4v) is 2.81. The van der Waals surface area contributed by atoms with Crippen LogP contribution in [0.25, 0.3) is 0 Å². The van der Waals surface area contributed by atoms with Gasteiger partial charge in [0.25, 0.3) is 0 Å². The van der Waals surface area contributed by atoms with Crippen LogP contribution in [0, 0.1) is 0 Å². The number of carbonyl (C=O) groups is 1. The number of allylic oxidation sites excluding steroid dienone is 1. The van der Waals surface area contributed by atoms with Gasteiger partial charge in [-0.3, -0.25) is 4.79 Å². The summed E-state index contributed by atoms with van der Waals surface area (Å²) in [4.78, 5) is 13.5.